The summed E-state index contributed by atoms with van der Waals surface area (Å²) < 4.78 is 12.5. The highest BCUT2D eigenvalue weighted by Gasteiger charge is 2.22. The number of nitrogens with zero attached hydrogens (tertiary/aromatic N) is 4. The van der Waals surface area contributed by atoms with Crippen LogP contribution in [0.5, 0.6) is 11.5 Å². The average molecular weight is 493 g/mol. The molecule has 1 saturated heterocycles. The van der Waals surface area contributed by atoms with Crippen LogP contribution < -0.4 is 20.5 Å². The Kier molecular flexibility index (Phi) is 5.79. The minimum Gasteiger partial charge on any atom is -0.454 e. The molecule has 0 amide bonds. The van der Waals surface area contributed by atoms with E-state index in [1.807, 2.05) is 18.2 Å². The number of rotatable bonds is 6. The average Bonchev–Trinajstić information content (AvgIpc) is 3.54. The van der Waals surface area contributed by atoms with E-state index in [9.17, 15) is 4.79 Å². The van der Waals surface area contributed by atoms with Gasteiger partial charge in [-0.1, -0.05) is 17.7 Å². The monoisotopic (exact) mass is 492 g/mol. The third kappa shape index (κ3) is 4.56. The summed E-state index contributed by atoms with van der Waals surface area (Å²) in [7, 11) is 0. The second kappa shape index (κ2) is 9.24. The van der Waals surface area contributed by atoms with E-state index >= 15 is 0 Å². The van der Waals surface area contributed by atoms with Gasteiger partial charge in [0.25, 0.3) is 0 Å². The van der Waals surface area contributed by atoms with Crippen molar-refractivity contribution in [2.45, 2.75) is 32.0 Å². The standard InChI is InChI=1S/C25H25ClN6O3/c26-17-2-3-21-20(10-17)24(30-25(33)32(21)13-19-11-27-14-28-19)29-18-5-7-31(8-6-18)12-16-1-4-22-23(9-16)35-15-34-22/h1-4,9-11,14,18H,5-8,12-13,15H2,(H,27,28)(H,29,30,33). The number of ether oxygens (including phenoxy) is 2. The molecule has 4 aromatic rings. The second-order valence-corrected chi connectivity index (χ2v) is 9.39. The number of benzene rings is 2. The summed E-state index contributed by atoms with van der Waals surface area (Å²) in [5.41, 5.74) is 2.52. The van der Waals surface area contributed by atoms with E-state index in [-0.39, 0.29) is 18.5 Å². The first kappa shape index (κ1) is 21.9. The van der Waals surface area contributed by atoms with Crippen molar-refractivity contribution < 1.29 is 9.47 Å². The van der Waals surface area contributed by atoms with Gasteiger partial charge >= 0.3 is 5.69 Å². The number of hydrogen-bond acceptors (Lipinski definition) is 7. The largest absolute Gasteiger partial charge is 0.454 e. The lowest BCUT2D eigenvalue weighted by molar-refractivity contribution is 0.173. The van der Waals surface area contributed by atoms with Crippen LogP contribution in [0, 0.1) is 0 Å². The van der Waals surface area contributed by atoms with Crippen molar-refractivity contribution in [1.82, 2.24) is 24.4 Å². The van der Waals surface area contributed by atoms with Crippen molar-refractivity contribution in [3.63, 3.8) is 0 Å². The topological polar surface area (TPSA) is 97.3 Å². The van der Waals surface area contributed by atoms with E-state index in [0.29, 0.717) is 17.4 Å². The molecular weight excluding hydrogens is 468 g/mol. The van der Waals surface area contributed by atoms with Crippen molar-refractivity contribution in [3.8, 4) is 11.5 Å². The highest BCUT2D eigenvalue weighted by atomic mass is 35.5. The third-order valence-electron chi connectivity index (χ3n) is 6.60. The van der Waals surface area contributed by atoms with E-state index < -0.39 is 0 Å². The fraction of sp³-hybridized carbons (Fsp3) is 0.320. The first-order valence-corrected chi connectivity index (χ1v) is 12.0. The summed E-state index contributed by atoms with van der Waals surface area (Å²) in [6.45, 7) is 3.41. The fourth-order valence-corrected chi connectivity index (χ4v) is 4.96. The number of aromatic nitrogens is 4. The number of aromatic amines is 1. The lowest BCUT2D eigenvalue weighted by Crippen LogP contribution is -2.39. The lowest BCUT2D eigenvalue weighted by atomic mass is 10.0. The summed E-state index contributed by atoms with van der Waals surface area (Å²) in [5.74, 6) is 2.21. The third-order valence-corrected chi connectivity index (χ3v) is 6.83. The zero-order chi connectivity index (χ0) is 23.8. The first-order valence-electron chi connectivity index (χ1n) is 11.7. The van der Waals surface area contributed by atoms with Gasteiger partial charge in [-0.2, -0.15) is 4.98 Å². The van der Waals surface area contributed by atoms with Crippen molar-refractivity contribution in [2.24, 2.45) is 0 Å². The molecule has 0 unspecified atom stereocenters. The normalized spacial score (nSPS) is 16.1. The van der Waals surface area contributed by atoms with Crippen molar-refractivity contribution in [1.29, 1.82) is 0 Å². The maximum atomic E-state index is 13.0. The molecular formula is C25H25ClN6O3. The molecule has 10 heteroatoms. The molecule has 35 heavy (non-hydrogen) atoms. The highest BCUT2D eigenvalue weighted by molar-refractivity contribution is 6.31. The Labute approximate surface area is 206 Å². The van der Waals surface area contributed by atoms with Crippen LogP contribution in [-0.4, -0.2) is 50.3 Å². The van der Waals surface area contributed by atoms with Crippen LogP contribution in [0.2, 0.25) is 5.02 Å². The molecule has 0 radical (unpaired) electrons. The van der Waals surface area contributed by atoms with E-state index in [4.69, 9.17) is 21.1 Å². The minimum atomic E-state index is -0.308. The van der Waals surface area contributed by atoms with Gasteiger partial charge in [-0.3, -0.25) is 9.47 Å². The summed E-state index contributed by atoms with van der Waals surface area (Å²) in [4.78, 5) is 26.9. The molecule has 2 aromatic heterocycles. The molecule has 1 fully saturated rings. The zero-order valence-corrected chi connectivity index (χ0v) is 19.8. The highest BCUT2D eigenvalue weighted by Crippen LogP contribution is 2.33. The van der Waals surface area contributed by atoms with Crippen LogP contribution >= 0.6 is 11.6 Å². The number of piperidine rings is 1. The molecule has 0 bridgehead atoms. The molecule has 2 aliphatic rings. The van der Waals surface area contributed by atoms with Crippen LogP contribution in [0.25, 0.3) is 10.9 Å². The maximum absolute atomic E-state index is 13.0. The van der Waals surface area contributed by atoms with E-state index in [1.165, 1.54) is 5.56 Å². The molecule has 2 aliphatic heterocycles. The molecule has 2 aromatic carbocycles. The number of imidazole rings is 1. The minimum absolute atomic E-state index is 0.223. The molecule has 180 valence electrons. The van der Waals surface area contributed by atoms with Crippen molar-refractivity contribution >= 4 is 28.3 Å². The van der Waals surface area contributed by atoms with Gasteiger partial charge in [0.05, 0.1) is 24.1 Å². The molecule has 4 heterocycles. The van der Waals surface area contributed by atoms with Gasteiger partial charge in [-0.15, -0.1) is 0 Å². The van der Waals surface area contributed by atoms with Gasteiger partial charge in [-0.05, 0) is 48.7 Å². The van der Waals surface area contributed by atoms with Crippen molar-refractivity contribution in [3.05, 3.63) is 75.7 Å². The van der Waals surface area contributed by atoms with E-state index in [0.717, 1.165) is 60.6 Å². The zero-order valence-electron chi connectivity index (χ0n) is 19.0. The number of halogens is 1. The Morgan fingerprint density at radius 2 is 1.94 bits per heavy atom. The Morgan fingerprint density at radius 3 is 2.77 bits per heavy atom. The number of hydrogen-bond donors (Lipinski definition) is 2. The number of H-pyrrole nitrogens is 1. The summed E-state index contributed by atoms with van der Waals surface area (Å²) in [6.07, 6.45) is 5.20. The molecule has 6 rings (SSSR count). The molecule has 9 nitrogen and oxygen atoms in total. The predicted molar refractivity (Wildman–Crippen MR) is 133 cm³/mol. The van der Waals surface area contributed by atoms with Gasteiger partial charge < -0.3 is 19.8 Å². The molecule has 0 atom stereocenters. The molecule has 0 aliphatic carbocycles. The van der Waals surface area contributed by atoms with Gasteiger partial charge in [-0.25, -0.2) is 9.78 Å². The van der Waals surface area contributed by atoms with Gasteiger partial charge in [0.2, 0.25) is 6.79 Å². The Morgan fingerprint density at radius 1 is 1.09 bits per heavy atom. The summed E-state index contributed by atoms with van der Waals surface area (Å²) in [6, 6.07) is 11.9. The smallest absolute Gasteiger partial charge is 0.350 e. The number of nitrogens with one attached hydrogen (secondary N) is 2. The fourth-order valence-electron chi connectivity index (χ4n) is 4.78. The van der Waals surface area contributed by atoms with Gasteiger partial charge in [0, 0.05) is 42.3 Å². The Balaban J connectivity index is 1.17. The van der Waals surface area contributed by atoms with E-state index in [2.05, 4.69) is 37.3 Å². The van der Waals surface area contributed by atoms with Crippen LogP contribution in [0.3, 0.4) is 0 Å². The summed E-state index contributed by atoms with van der Waals surface area (Å²) >= 11 is 6.32. The van der Waals surface area contributed by atoms with Crippen LogP contribution in [-0.2, 0) is 13.1 Å². The quantitative estimate of drug-likeness (QED) is 0.424. The summed E-state index contributed by atoms with van der Waals surface area (Å²) in [5, 5.41) is 4.97. The lowest BCUT2D eigenvalue weighted by Gasteiger charge is -2.32. The first-order chi connectivity index (χ1) is 17.1. The molecule has 2 N–H and O–H groups in total. The van der Waals surface area contributed by atoms with Gasteiger partial charge in [0.1, 0.15) is 5.82 Å². The van der Waals surface area contributed by atoms with Crippen molar-refractivity contribution in [2.75, 3.05) is 25.2 Å². The molecule has 0 spiro atoms. The maximum Gasteiger partial charge on any atom is 0.350 e. The van der Waals surface area contributed by atoms with Gasteiger partial charge in [0.15, 0.2) is 11.5 Å². The Hall–Kier alpha value is -3.56. The molecule has 0 saturated carbocycles. The predicted octanol–water partition coefficient (Wildman–Crippen LogP) is 3.63. The van der Waals surface area contributed by atoms with Crippen LogP contribution in [0.1, 0.15) is 24.1 Å². The van der Waals surface area contributed by atoms with Crippen LogP contribution in [0.15, 0.2) is 53.7 Å². The number of fused-ring (bicyclic) bond motifs is 2. The Bertz CT molecular complexity index is 1410. The van der Waals surface area contributed by atoms with E-state index in [1.54, 1.807) is 23.2 Å². The number of anilines is 1. The van der Waals surface area contributed by atoms with Crippen LogP contribution in [0.4, 0.5) is 5.82 Å². The number of likely N-dealkylation sites (tertiary alicyclic amines) is 1. The SMILES string of the molecule is O=c1nc(NC2CCN(Cc3ccc4c(c3)OCO4)CC2)c2cc(Cl)ccc2n1Cc1cnc[nH]1. The second-order valence-electron chi connectivity index (χ2n) is 8.95.